The summed E-state index contributed by atoms with van der Waals surface area (Å²) in [5.41, 5.74) is 1.08. The Kier molecular flexibility index (Phi) is 2.11. The second kappa shape index (κ2) is 3.06. The van der Waals surface area contributed by atoms with Crippen LogP contribution < -0.4 is 0 Å². The van der Waals surface area contributed by atoms with Crippen molar-refractivity contribution in [2.24, 2.45) is 11.3 Å². The average molecular weight is 192 g/mol. The quantitative estimate of drug-likeness (QED) is 0.636. The van der Waals surface area contributed by atoms with Crippen LogP contribution in [-0.2, 0) is 4.79 Å². The van der Waals surface area contributed by atoms with Gasteiger partial charge in [-0.2, -0.15) is 0 Å². The van der Waals surface area contributed by atoms with E-state index in [0.717, 1.165) is 12.0 Å². The van der Waals surface area contributed by atoms with Gasteiger partial charge in [0, 0.05) is 6.42 Å². The number of ketones is 1. The van der Waals surface area contributed by atoms with Crippen molar-refractivity contribution in [2.45, 2.75) is 32.8 Å². The first-order valence-electron chi connectivity index (χ1n) is 5.15. The number of hydrogen-bond acceptors (Lipinski definition) is 2. The van der Waals surface area contributed by atoms with E-state index in [1.807, 2.05) is 6.08 Å². The summed E-state index contributed by atoms with van der Waals surface area (Å²) in [4.78, 5) is 11.3. The average Bonchev–Trinajstić information content (AvgIpc) is 2.16. The van der Waals surface area contributed by atoms with Gasteiger partial charge in [-0.3, -0.25) is 4.79 Å². The summed E-state index contributed by atoms with van der Waals surface area (Å²) in [6, 6.07) is 0. The van der Waals surface area contributed by atoms with Crippen molar-refractivity contribution < 1.29 is 9.90 Å². The number of rotatable bonds is 0. The van der Waals surface area contributed by atoms with Crippen LogP contribution in [0, 0.1) is 11.3 Å². The molecule has 2 aliphatic rings. The van der Waals surface area contributed by atoms with Gasteiger partial charge >= 0.3 is 0 Å². The van der Waals surface area contributed by atoms with Gasteiger partial charge in [-0.15, -0.1) is 0 Å². The van der Waals surface area contributed by atoms with Gasteiger partial charge in [0.05, 0.1) is 6.10 Å². The Labute approximate surface area is 84.3 Å². The van der Waals surface area contributed by atoms with E-state index in [0.29, 0.717) is 6.42 Å². The maximum atomic E-state index is 11.3. The SMILES string of the molecule is CC1C(O)C=CC2=CC(=O)CCC21C. The van der Waals surface area contributed by atoms with E-state index in [-0.39, 0.29) is 23.2 Å². The van der Waals surface area contributed by atoms with Crippen molar-refractivity contribution in [1.29, 1.82) is 0 Å². The van der Waals surface area contributed by atoms with Crippen molar-refractivity contribution in [1.82, 2.24) is 0 Å². The molecule has 3 unspecified atom stereocenters. The molecule has 2 heteroatoms. The molecule has 76 valence electrons. The number of carbonyl (C=O) groups is 1. The zero-order valence-corrected chi connectivity index (χ0v) is 8.66. The van der Waals surface area contributed by atoms with Crippen LogP contribution in [0.25, 0.3) is 0 Å². The van der Waals surface area contributed by atoms with E-state index in [4.69, 9.17) is 0 Å². The standard InChI is InChI=1S/C12H16O2/c1-8-11(14)4-3-9-7-10(13)5-6-12(8,9)2/h3-4,7-8,11,14H,5-6H2,1-2H3. The summed E-state index contributed by atoms with van der Waals surface area (Å²) in [7, 11) is 0. The normalized spacial score (nSPS) is 41.9. The Bertz CT molecular complexity index is 327. The number of aliphatic hydroxyl groups excluding tert-OH is 1. The third-order valence-electron chi connectivity index (χ3n) is 3.86. The van der Waals surface area contributed by atoms with Crippen LogP contribution in [0.2, 0.25) is 0 Å². The lowest BCUT2D eigenvalue weighted by atomic mass is 9.62. The molecule has 0 aliphatic heterocycles. The number of fused-ring (bicyclic) bond motifs is 1. The van der Waals surface area contributed by atoms with Crippen LogP contribution >= 0.6 is 0 Å². The molecule has 0 aromatic carbocycles. The Morgan fingerprint density at radius 3 is 3.00 bits per heavy atom. The fraction of sp³-hybridized carbons (Fsp3) is 0.583. The monoisotopic (exact) mass is 192 g/mol. The van der Waals surface area contributed by atoms with E-state index in [2.05, 4.69) is 13.8 Å². The van der Waals surface area contributed by atoms with E-state index < -0.39 is 0 Å². The van der Waals surface area contributed by atoms with Gasteiger partial charge in [-0.1, -0.05) is 26.0 Å². The molecule has 2 rings (SSSR count). The molecule has 2 aliphatic carbocycles. The Morgan fingerprint density at radius 2 is 2.29 bits per heavy atom. The minimum Gasteiger partial charge on any atom is -0.389 e. The lowest BCUT2D eigenvalue weighted by Crippen LogP contribution is -2.39. The zero-order chi connectivity index (χ0) is 10.3. The smallest absolute Gasteiger partial charge is 0.156 e. The number of allylic oxidation sites excluding steroid dienone is 3. The van der Waals surface area contributed by atoms with Gasteiger partial charge in [0.15, 0.2) is 5.78 Å². The van der Waals surface area contributed by atoms with Crippen molar-refractivity contribution in [2.75, 3.05) is 0 Å². The molecule has 1 N–H and O–H groups in total. The number of carbonyl (C=O) groups excluding carboxylic acids is 1. The number of hydrogen-bond donors (Lipinski definition) is 1. The summed E-state index contributed by atoms with van der Waals surface area (Å²) in [6.45, 7) is 4.19. The molecular weight excluding hydrogens is 176 g/mol. The Morgan fingerprint density at radius 1 is 1.57 bits per heavy atom. The van der Waals surface area contributed by atoms with Crippen LogP contribution in [0.5, 0.6) is 0 Å². The predicted octanol–water partition coefficient (Wildman–Crippen LogP) is 1.85. The molecule has 0 fully saturated rings. The second-order valence-electron chi connectivity index (χ2n) is 4.62. The lowest BCUT2D eigenvalue weighted by Gasteiger charge is -2.43. The van der Waals surface area contributed by atoms with E-state index >= 15 is 0 Å². The molecule has 0 spiro atoms. The molecule has 14 heavy (non-hydrogen) atoms. The molecule has 0 aromatic rings. The van der Waals surface area contributed by atoms with E-state index in [1.54, 1.807) is 12.2 Å². The molecule has 0 saturated carbocycles. The Hall–Kier alpha value is -0.890. The van der Waals surface area contributed by atoms with Gasteiger partial charge in [0.2, 0.25) is 0 Å². The Balaban J connectivity index is 2.45. The van der Waals surface area contributed by atoms with Crippen LogP contribution in [-0.4, -0.2) is 17.0 Å². The molecule has 2 nitrogen and oxygen atoms in total. The summed E-state index contributed by atoms with van der Waals surface area (Å²) < 4.78 is 0. The highest BCUT2D eigenvalue weighted by Crippen LogP contribution is 2.47. The van der Waals surface area contributed by atoms with Crippen LogP contribution in [0.15, 0.2) is 23.8 Å². The maximum absolute atomic E-state index is 11.3. The molecular formula is C12H16O2. The fourth-order valence-electron chi connectivity index (χ4n) is 2.41. The molecule has 0 bridgehead atoms. The molecule has 0 saturated heterocycles. The van der Waals surface area contributed by atoms with Crippen LogP contribution in [0.1, 0.15) is 26.7 Å². The van der Waals surface area contributed by atoms with Gasteiger partial charge in [-0.25, -0.2) is 0 Å². The first-order chi connectivity index (χ1) is 6.54. The summed E-state index contributed by atoms with van der Waals surface area (Å²) >= 11 is 0. The molecule has 0 amide bonds. The zero-order valence-electron chi connectivity index (χ0n) is 8.66. The molecule has 3 atom stereocenters. The largest absolute Gasteiger partial charge is 0.389 e. The highest BCUT2D eigenvalue weighted by molar-refractivity contribution is 5.92. The summed E-state index contributed by atoms with van der Waals surface area (Å²) in [6.07, 6.45) is 6.54. The van der Waals surface area contributed by atoms with Crippen molar-refractivity contribution in [3.8, 4) is 0 Å². The maximum Gasteiger partial charge on any atom is 0.156 e. The van der Waals surface area contributed by atoms with Gasteiger partial charge < -0.3 is 5.11 Å². The first-order valence-corrected chi connectivity index (χ1v) is 5.15. The van der Waals surface area contributed by atoms with Crippen LogP contribution in [0.4, 0.5) is 0 Å². The van der Waals surface area contributed by atoms with Gasteiger partial charge in [0.25, 0.3) is 0 Å². The van der Waals surface area contributed by atoms with Crippen LogP contribution in [0.3, 0.4) is 0 Å². The topological polar surface area (TPSA) is 37.3 Å². The van der Waals surface area contributed by atoms with Crippen molar-refractivity contribution >= 4 is 5.78 Å². The second-order valence-corrected chi connectivity index (χ2v) is 4.62. The third kappa shape index (κ3) is 1.25. The molecule has 0 heterocycles. The minimum absolute atomic E-state index is 0.0118. The first kappa shape index (κ1) is 9.66. The van der Waals surface area contributed by atoms with E-state index in [9.17, 15) is 9.90 Å². The lowest BCUT2D eigenvalue weighted by molar-refractivity contribution is -0.116. The van der Waals surface area contributed by atoms with Gasteiger partial charge in [-0.05, 0) is 29.4 Å². The molecule has 0 aromatic heterocycles. The number of aliphatic hydroxyl groups is 1. The van der Waals surface area contributed by atoms with Gasteiger partial charge in [0.1, 0.15) is 0 Å². The summed E-state index contributed by atoms with van der Waals surface area (Å²) in [5.74, 6) is 0.414. The summed E-state index contributed by atoms with van der Waals surface area (Å²) in [5, 5.41) is 9.75. The highest BCUT2D eigenvalue weighted by atomic mass is 16.3. The molecule has 0 radical (unpaired) electrons. The third-order valence-corrected chi connectivity index (χ3v) is 3.86. The fourth-order valence-corrected chi connectivity index (χ4v) is 2.41. The van der Waals surface area contributed by atoms with Crippen molar-refractivity contribution in [3.05, 3.63) is 23.8 Å². The van der Waals surface area contributed by atoms with E-state index in [1.165, 1.54) is 0 Å². The minimum atomic E-state index is -0.370. The van der Waals surface area contributed by atoms with Crippen molar-refractivity contribution in [3.63, 3.8) is 0 Å². The highest BCUT2D eigenvalue weighted by Gasteiger charge is 2.41. The predicted molar refractivity (Wildman–Crippen MR) is 54.7 cm³/mol.